The van der Waals surface area contributed by atoms with Crippen molar-refractivity contribution in [2.24, 2.45) is 5.73 Å². The lowest BCUT2D eigenvalue weighted by Gasteiger charge is -2.15. The van der Waals surface area contributed by atoms with E-state index in [1.54, 1.807) is 14.2 Å². The van der Waals surface area contributed by atoms with Crippen LogP contribution in [0.3, 0.4) is 0 Å². The van der Waals surface area contributed by atoms with E-state index in [4.69, 9.17) is 15.2 Å². The maximum absolute atomic E-state index is 11.9. The Morgan fingerprint density at radius 2 is 1.63 bits per heavy atom. The molecular formula is C22H24N2O3. The van der Waals surface area contributed by atoms with Gasteiger partial charge in [0.2, 0.25) is 0 Å². The maximum atomic E-state index is 11.9. The zero-order valence-electron chi connectivity index (χ0n) is 15.9. The molecule has 0 unspecified atom stereocenters. The molecule has 3 rings (SSSR count). The van der Waals surface area contributed by atoms with Crippen molar-refractivity contribution < 1.29 is 14.3 Å². The molecule has 5 nitrogen and oxygen atoms in total. The Morgan fingerprint density at radius 1 is 1.00 bits per heavy atom. The van der Waals surface area contributed by atoms with Gasteiger partial charge < -0.3 is 19.8 Å². The van der Waals surface area contributed by atoms with Crippen LogP contribution < -0.4 is 15.2 Å². The van der Waals surface area contributed by atoms with Crippen molar-refractivity contribution in [1.29, 1.82) is 0 Å². The summed E-state index contributed by atoms with van der Waals surface area (Å²) in [6, 6.07) is 17.6. The zero-order valence-corrected chi connectivity index (χ0v) is 15.9. The molecule has 0 aliphatic heterocycles. The molecule has 0 saturated heterocycles. The van der Waals surface area contributed by atoms with Gasteiger partial charge >= 0.3 is 0 Å². The van der Waals surface area contributed by atoms with Crippen molar-refractivity contribution in [1.82, 2.24) is 4.57 Å². The fourth-order valence-corrected chi connectivity index (χ4v) is 3.40. The minimum absolute atomic E-state index is 0.431. The first-order valence-corrected chi connectivity index (χ1v) is 8.82. The summed E-state index contributed by atoms with van der Waals surface area (Å²) in [4.78, 5) is 11.9. The van der Waals surface area contributed by atoms with Gasteiger partial charge in [0.05, 0.1) is 25.5 Å². The van der Waals surface area contributed by atoms with Gasteiger partial charge in [0, 0.05) is 17.8 Å². The highest BCUT2D eigenvalue weighted by Gasteiger charge is 2.19. The predicted octanol–water partition coefficient (Wildman–Crippen LogP) is 3.82. The fourth-order valence-electron chi connectivity index (χ4n) is 3.40. The molecule has 2 N–H and O–H groups in total. The molecule has 0 aliphatic carbocycles. The lowest BCUT2D eigenvalue weighted by molar-refractivity contribution is 0.0999. The van der Waals surface area contributed by atoms with E-state index in [2.05, 4.69) is 10.6 Å². The van der Waals surface area contributed by atoms with E-state index in [9.17, 15) is 4.79 Å². The normalized spacial score (nSPS) is 10.6. The molecule has 3 aromatic rings. The largest absolute Gasteiger partial charge is 0.496 e. The molecule has 140 valence electrons. The summed E-state index contributed by atoms with van der Waals surface area (Å²) in [6.07, 6.45) is 0.764. The van der Waals surface area contributed by atoms with E-state index in [0.29, 0.717) is 12.1 Å². The van der Waals surface area contributed by atoms with E-state index in [-0.39, 0.29) is 0 Å². The van der Waals surface area contributed by atoms with Crippen LogP contribution in [0, 0.1) is 6.92 Å². The first-order valence-electron chi connectivity index (χ1n) is 8.82. The number of aromatic nitrogens is 1. The monoisotopic (exact) mass is 364 g/mol. The second-order valence-corrected chi connectivity index (χ2v) is 6.31. The zero-order chi connectivity index (χ0) is 19.4. The van der Waals surface area contributed by atoms with E-state index in [1.165, 1.54) is 0 Å². The molecule has 1 amide bonds. The van der Waals surface area contributed by atoms with Gasteiger partial charge in [0.15, 0.2) is 0 Å². The van der Waals surface area contributed by atoms with Crippen molar-refractivity contribution in [2.75, 3.05) is 14.2 Å². The number of nitrogens with two attached hydrogens (primary N) is 1. The lowest BCUT2D eigenvalue weighted by Crippen LogP contribution is -2.13. The molecule has 1 heterocycles. The Morgan fingerprint density at radius 3 is 2.30 bits per heavy atom. The highest BCUT2D eigenvalue weighted by atomic mass is 16.5. The summed E-state index contributed by atoms with van der Waals surface area (Å²) >= 11 is 0. The molecule has 0 radical (unpaired) electrons. The van der Waals surface area contributed by atoms with E-state index in [0.717, 1.165) is 40.4 Å². The van der Waals surface area contributed by atoms with Crippen LogP contribution in [-0.4, -0.2) is 24.7 Å². The molecule has 5 heteroatoms. The van der Waals surface area contributed by atoms with Crippen LogP contribution in [0.4, 0.5) is 0 Å². The number of primary amides is 1. The Bertz CT molecular complexity index is 960. The number of methoxy groups -OCH3 is 2. The quantitative estimate of drug-likeness (QED) is 0.693. The summed E-state index contributed by atoms with van der Waals surface area (Å²) in [5.74, 6) is 1.18. The Labute approximate surface area is 159 Å². The van der Waals surface area contributed by atoms with Gasteiger partial charge in [-0.3, -0.25) is 4.79 Å². The maximum Gasteiger partial charge on any atom is 0.250 e. The number of carbonyl (C=O) groups is 1. The van der Waals surface area contributed by atoms with Crippen molar-refractivity contribution >= 4 is 5.91 Å². The first kappa shape index (κ1) is 18.6. The standard InChI is InChI=1S/C22H24N2O3/c1-15-18(22(23)25)14-19(17-9-5-7-11-21(17)27-3)24(15)13-12-16-8-4-6-10-20(16)26-2/h4-11,14H,12-13H2,1-3H3,(H2,23,25). The Hall–Kier alpha value is -3.21. The average molecular weight is 364 g/mol. The molecule has 0 spiro atoms. The molecule has 0 fully saturated rings. The number of para-hydroxylation sites is 2. The third-order valence-electron chi connectivity index (χ3n) is 4.81. The third kappa shape index (κ3) is 3.67. The predicted molar refractivity (Wildman–Crippen MR) is 106 cm³/mol. The van der Waals surface area contributed by atoms with Crippen molar-refractivity contribution in [3.05, 3.63) is 71.4 Å². The van der Waals surface area contributed by atoms with Crippen LogP contribution in [-0.2, 0) is 13.0 Å². The summed E-state index contributed by atoms with van der Waals surface area (Å²) in [5, 5.41) is 0. The number of rotatable bonds is 7. The van der Waals surface area contributed by atoms with Crippen LogP contribution in [0.5, 0.6) is 11.5 Å². The molecule has 1 aromatic heterocycles. The van der Waals surface area contributed by atoms with Gasteiger partial charge in [-0.1, -0.05) is 30.3 Å². The Kier molecular flexibility index (Phi) is 5.50. The second kappa shape index (κ2) is 7.99. The smallest absolute Gasteiger partial charge is 0.250 e. The van der Waals surface area contributed by atoms with Crippen molar-refractivity contribution in [2.45, 2.75) is 19.9 Å². The summed E-state index contributed by atoms with van der Waals surface area (Å²) in [6.45, 7) is 2.61. The number of ether oxygens (including phenoxy) is 2. The minimum atomic E-state index is -0.431. The minimum Gasteiger partial charge on any atom is -0.496 e. The first-order chi connectivity index (χ1) is 13.1. The van der Waals surface area contributed by atoms with Crippen LogP contribution in [0.25, 0.3) is 11.3 Å². The van der Waals surface area contributed by atoms with Crippen LogP contribution >= 0.6 is 0 Å². The van der Waals surface area contributed by atoms with Crippen LogP contribution in [0.15, 0.2) is 54.6 Å². The summed E-state index contributed by atoms with van der Waals surface area (Å²) in [7, 11) is 3.31. The molecule has 0 aliphatic rings. The topological polar surface area (TPSA) is 66.5 Å². The molecule has 0 atom stereocenters. The van der Waals surface area contributed by atoms with Crippen LogP contribution in [0.1, 0.15) is 21.6 Å². The molecule has 27 heavy (non-hydrogen) atoms. The van der Waals surface area contributed by atoms with E-state index < -0.39 is 5.91 Å². The van der Waals surface area contributed by atoms with E-state index in [1.807, 2.05) is 55.5 Å². The highest BCUT2D eigenvalue weighted by molar-refractivity contribution is 5.96. The average Bonchev–Trinajstić information content (AvgIpc) is 3.03. The Balaban J connectivity index is 2.04. The second-order valence-electron chi connectivity index (χ2n) is 6.31. The lowest BCUT2D eigenvalue weighted by atomic mass is 10.1. The van der Waals surface area contributed by atoms with Gasteiger partial charge in [0.25, 0.3) is 5.91 Å². The third-order valence-corrected chi connectivity index (χ3v) is 4.81. The number of nitrogens with zero attached hydrogens (tertiary/aromatic N) is 1. The van der Waals surface area contributed by atoms with Crippen molar-refractivity contribution in [3.63, 3.8) is 0 Å². The van der Waals surface area contributed by atoms with Gasteiger partial charge in [0.1, 0.15) is 11.5 Å². The van der Waals surface area contributed by atoms with E-state index >= 15 is 0 Å². The number of benzene rings is 2. The summed E-state index contributed by atoms with van der Waals surface area (Å²) in [5.41, 5.74) is 9.91. The number of carbonyl (C=O) groups excluding carboxylic acids is 1. The number of hydrogen-bond acceptors (Lipinski definition) is 3. The van der Waals surface area contributed by atoms with Gasteiger partial charge in [-0.15, -0.1) is 0 Å². The number of aryl methyl sites for hydroxylation is 1. The number of amides is 1. The summed E-state index contributed by atoms with van der Waals surface area (Å²) < 4.78 is 13.1. The molecular weight excluding hydrogens is 340 g/mol. The SMILES string of the molecule is COc1ccccc1CCn1c(-c2ccccc2OC)cc(C(N)=O)c1C. The highest BCUT2D eigenvalue weighted by Crippen LogP contribution is 2.33. The van der Waals surface area contributed by atoms with Crippen molar-refractivity contribution in [3.8, 4) is 22.8 Å². The molecule has 0 bridgehead atoms. The van der Waals surface area contributed by atoms with Gasteiger partial charge in [-0.2, -0.15) is 0 Å². The molecule has 2 aromatic carbocycles. The number of hydrogen-bond donors (Lipinski definition) is 1. The molecule has 0 saturated carbocycles. The van der Waals surface area contributed by atoms with Gasteiger partial charge in [-0.05, 0) is 43.2 Å². The van der Waals surface area contributed by atoms with Crippen LogP contribution in [0.2, 0.25) is 0 Å². The fraction of sp³-hybridized carbons (Fsp3) is 0.227. The van der Waals surface area contributed by atoms with Gasteiger partial charge in [-0.25, -0.2) is 0 Å².